The molecule has 0 saturated heterocycles. The van der Waals surface area contributed by atoms with E-state index in [9.17, 15) is 19.7 Å². The normalized spacial score (nSPS) is 11.3. The zero-order chi connectivity index (χ0) is 21.7. The topological polar surface area (TPSA) is 112 Å². The Bertz CT molecular complexity index is 1580. The van der Waals surface area contributed by atoms with Crippen molar-refractivity contribution in [1.29, 1.82) is 0 Å². The van der Waals surface area contributed by atoms with Crippen molar-refractivity contribution in [2.24, 2.45) is 0 Å². The number of hydrogen-bond donors (Lipinski definition) is 1. The maximum Gasteiger partial charge on any atom is 0.269 e. The van der Waals surface area contributed by atoms with E-state index in [1.165, 1.54) is 35.8 Å². The molecule has 31 heavy (non-hydrogen) atoms. The first-order valence-electron chi connectivity index (χ1n) is 9.42. The Balaban J connectivity index is 1.93. The smallest absolute Gasteiger partial charge is 0.269 e. The number of nitrogens with zero attached hydrogens (tertiary/aromatic N) is 4. The number of rotatable bonds is 3. The summed E-state index contributed by atoms with van der Waals surface area (Å²) in [7, 11) is 0. The van der Waals surface area contributed by atoms with Crippen molar-refractivity contribution >= 4 is 44.9 Å². The van der Waals surface area contributed by atoms with Crippen LogP contribution in [0.15, 0.2) is 71.7 Å². The fourth-order valence-corrected chi connectivity index (χ4v) is 3.76. The molecule has 3 aromatic heterocycles. The molecule has 1 amide bonds. The lowest BCUT2D eigenvalue weighted by molar-refractivity contribution is -0.384. The SMILES string of the molecule is CC(=O)Nc1ccc2nc3c4ccccc4c(=O)n(-c4ccc([N+](=O)[O-])cc4)c3n2c1. The van der Waals surface area contributed by atoms with E-state index in [4.69, 9.17) is 4.98 Å². The largest absolute Gasteiger partial charge is 0.325 e. The van der Waals surface area contributed by atoms with Gasteiger partial charge in [0.1, 0.15) is 11.2 Å². The lowest BCUT2D eigenvalue weighted by atomic mass is 10.1. The van der Waals surface area contributed by atoms with Gasteiger partial charge < -0.3 is 5.32 Å². The molecule has 0 unspecified atom stereocenters. The lowest BCUT2D eigenvalue weighted by Crippen LogP contribution is -2.20. The van der Waals surface area contributed by atoms with Gasteiger partial charge in [-0.2, -0.15) is 0 Å². The Morgan fingerprint density at radius 2 is 1.74 bits per heavy atom. The van der Waals surface area contributed by atoms with Crippen LogP contribution in [-0.4, -0.2) is 24.8 Å². The average molecular weight is 413 g/mol. The molecule has 0 atom stereocenters. The minimum absolute atomic E-state index is 0.0695. The number of nitro groups is 1. The number of aromatic nitrogens is 3. The van der Waals surface area contributed by atoms with E-state index in [1.807, 2.05) is 12.1 Å². The maximum absolute atomic E-state index is 13.5. The number of carbonyl (C=O) groups is 1. The fraction of sp³-hybridized carbons (Fsp3) is 0.0455. The van der Waals surface area contributed by atoms with Crippen LogP contribution >= 0.6 is 0 Å². The number of fused-ring (bicyclic) bond motifs is 5. The summed E-state index contributed by atoms with van der Waals surface area (Å²) in [5.74, 6) is -0.220. The molecular weight excluding hydrogens is 398 g/mol. The first-order chi connectivity index (χ1) is 14.9. The number of benzene rings is 2. The van der Waals surface area contributed by atoms with Gasteiger partial charge in [0, 0.05) is 36.0 Å². The standard InChI is InChI=1S/C22H15N5O4/c1-13(28)23-14-6-11-19-24-20-17-4-2-3-5-18(17)22(29)26(21(20)25(19)12-14)15-7-9-16(10-8-15)27(30)31/h2-12H,1H3,(H,23,28). The van der Waals surface area contributed by atoms with Crippen molar-refractivity contribution in [2.75, 3.05) is 5.32 Å². The van der Waals surface area contributed by atoms with Gasteiger partial charge in [0.25, 0.3) is 11.2 Å². The molecule has 0 radical (unpaired) electrons. The molecule has 0 fully saturated rings. The first-order valence-corrected chi connectivity index (χ1v) is 9.42. The molecule has 0 aliphatic heterocycles. The van der Waals surface area contributed by atoms with Gasteiger partial charge in [-0.3, -0.25) is 28.7 Å². The number of hydrogen-bond acceptors (Lipinski definition) is 5. The predicted molar refractivity (Wildman–Crippen MR) is 117 cm³/mol. The Morgan fingerprint density at radius 1 is 1.03 bits per heavy atom. The van der Waals surface area contributed by atoms with Gasteiger partial charge >= 0.3 is 0 Å². The van der Waals surface area contributed by atoms with Crippen LogP contribution in [-0.2, 0) is 4.79 Å². The molecule has 0 spiro atoms. The number of amides is 1. The number of carbonyl (C=O) groups excluding carboxylic acids is 1. The van der Waals surface area contributed by atoms with Crippen LogP contribution in [0, 0.1) is 10.1 Å². The highest BCUT2D eigenvalue weighted by atomic mass is 16.6. The molecule has 0 aliphatic rings. The van der Waals surface area contributed by atoms with Crippen molar-refractivity contribution < 1.29 is 9.72 Å². The van der Waals surface area contributed by atoms with Crippen LogP contribution in [0.2, 0.25) is 0 Å². The van der Waals surface area contributed by atoms with Crippen LogP contribution in [0.4, 0.5) is 11.4 Å². The van der Waals surface area contributed by atoms with E-state index in [0.29, 0.717) is 39.0 Å². The van der Waals surface area contributed by atoms with E-state index in [1.54, 1.807) is 34.9 Å². The van der Waals surface area contributed by atoms with Crippen molar-refractivity contribution in [3.63, 3.8) is 0 Å². The van der Waals surface area contributed by atoms with Crippen molar-refractivity contribution in [3.8, 4) is 5.69 Å². The zero-order valence-corrected chi connectivity index (χ0v) is 16.3. The second kappa shape index (κ2) is 6.77. The molecule has 5 aromatic rings. The van der Waals surface area contributed by atoms with Gasteiger partial charge in [-0.1, -0.05) is 18.2 Å². The second-order valence-electron chi connectivity index (χ2n) is 7.07. The summed E-state index contributed by atoms with van der Waals surface area (Å²) in [4.78, 5) is 40.3. The zero-order valence-electron chi connectivity index (χ0n) is 16.3. The van der Waals surface area contributed by atoms with Crippen molar-refractivity contribution in [2.45, 2.75) is 6.92 Å². The molecule has 1 N–H and O–H groups in total. The second-order valence-corrected chi connectivity index (χ2v) is 7.07. The molecule has 0 bridgehead atoms. The van der Waals surface area contributed by atoms with Gasteiger partial charge in [0.15, 0.2) is 5.65 Å². The van der Waals surface area contributed by atoms with E-state index in [-0.39, 0.29) is 17.2 Å². The summed E-state index contributed by atoms with van der Waals surface area (Å²) >= 11 is 0. The van der Waals surface area contributed by atoms with Gasteiger partial charge in [0.2, 0.25) is 5.91 Å². The summed E-state index contributed by atoms with van der Waals surface area (Å²) in [5.41, 5.74) is 2.38. The minimum Gasteiger partial charge on any atom is -0.325 e. The molecule has 0 aliphatic carbocycles. The van der Waals surface area contributed by atoms with Crippen LogP contribution in [0.25, 0.3) is 33.3 Å². The molecule has 0 saturated carbocycles. The summed E-state index contributed by atoms with van der Waals surface area (Å²) in [5, 5.41) is 15.0. The fourth-order valence-electron chi connectivity index (χ4n) is 3.76. The Morgan fingerprint density at radius 3 is 2.42 bits per heavy atom. The van der Waals surface area contributed by atoms with Crippen LogP contribution in [0.3, 0.4) is 0 Å². The number of imidazole rings is 1. The monoisotopic (exact) mass is 413 g/mol. The Hall–Kier alpha value is -4.53. The van der Waals surface area contributed by atoms with E-state index < -0.39 is 4.92 Å². The Labute approximate surface area is 174 Å². The average Bonchev–Trinajstić information content (AvgIpc) is 3.13. The van der Waals surface area contributed by atoms with Gasteiger partial charge in [0.05, 0.1) is 16.3 Å². The highest BCUT2D eigenvalue weighted by Gasteiger charge is 2.18. The Kier molecular flexibility index (Phi) is 4.04. The summed E-state index contributed by atoms with van der Waals surface area (Å²) in [6.45, 7) is 1.41. The minimum atomic E-state index is -0.490. The lowest BCUT2D eigenvalue weighted by Gasteiger charge is -2.11. The van der Waals surface area contributed by atoms with E-state index in [2.05, 4.69) is 5.32 Å². The summed E-state index contributed by atoms with van der Waals surface area (Å²) in [6.07, 6.45) is 1.70. The molecule has 2 aromatic carbocycles. The van der Waals surface area contributed by atoms with Gasteiger partial charge in [-0.15, -0.1) is 0 Å². The number of pyridine rings is 2. The number of nitro benzene ring substituents is 1. The highest BCUT2D eigenvalue weighted by Crippen LogP contribution is 2.27. The first kappa shape index (κ1) is 18.5. The third-order valence-corrected chi connectivity index (χ3v) is 5.06. The molecular formula is C22H15N5O4. The van der Waals surface area contributed by atoms with E-state index >= 15 is 0 Å². The van der Waals surface area contributed by atoms with Gasteiger partial charge in [-0.05, 0) is 30.3 Å². The maximum atomic E-state index is 13.5. The van der Waals surface area contributed by atoms with Crippen LogP contribution < -0.4 is 10.9 Å². The molecule has 9 heteroatoms. The van der Waals surface area contributed by atoms with Crippen molar-refractivity contribution in [1.82, 2.24) is 14.0 Å². The molecule has 3 heterocycles. The van der Waals surface area contributed by atoms with Crippen LogP contribution in [0.1, 0.15) is 6.92 Å². The quantitative estimate of drug-likeness (QED) is 0.358. The van der Waals surface area contributed by atoms with Crippen LogP contribution in [0.5, 0.6) is 0 Å². The summed E-state index contributed by atoms with van der Waals surface area (Å²) < 4.78 is 3.22. The number of anilines is 1. The predicted octanol–water partition coefficient (Wildman–Crippen LogP) is 3.66. The third-order valence-electron chi connectivity index (χ3n) is 5.06. The molecule has 5 rings (SSSR count). The molecule has 152 valence electrons. The number of non-ortho nitro benzene ring substituents is 1. The highest BCUT2D eigenvalue weighted by molar-refractivity contribution is 6.04. The van der Waals surface area contributed by atoms with Gasteiger partial charge in [-0.25, -0.2) is 4.98 Å². The van der Waals surface area contributed by atoms with E-state index in [0.717, 1.165) is 0 Å². The van der Waals surface area contributed by atoms with Crippen molar-refractivity contribution in [3.05, 3.63) is 87.3 Å². The third kappa shape index (κ3) is 2.91. The summed E-state index contributed by atoms with van der Waals surface area (Å²) in [6, 6.07) is 16.4. The molecule has 9 nitrogen and oxygen atoms in total. The number of nitrogens with one attached hydrogen (secondary N) is 1.